The van der Waals surface area contributed by atoms with Gasteiger partial charge in [0.15, 0.2) is 0 Å². The van der Waals surface area contributed by atoms with E-state index >= 15 is 0 Å². The Morgan fingerprint density at radius 1 is 1.38 bits per heavy atom. The van der Waals surface area contributed by atoms with Crippen LogP contribution in [0.15, 0.2) is 29.3 Å². The van der Waals surface area contributed by atoms with E-state index in [-0.39, 0.29) is 0 Å². The SMILES string of the molecule is CCS/C(=N\C)c1ccccc1C. The van der Waals surface area contributed by atoms with E-state index in [9.17, 15) is 0 Å². The summed E-state index contributed by atoms with van der Waals surface area (Å²) < 4.78 is 0. The van der Waals surface area contributed by atoms with Crippen molar-refractivity contribution in [2.24, 2.45) is 4.99 Å². The van der Waals surface area contributed by atoms with Crippen molar-refractivity contribution >= 4 is 16.8 Å². The standard InChI is InChI=1S/C11H15NS/c1-4-13-11(12-3)10-8-6-5-7-9(10)2/h5-8H,4H2,1-3H3/b12-11-. The van der Waals surface area contributed by atoms with Crippen LogP contribution in [0.25, 0.3) is 0 Å². The van der Waals surface area contributed by atoms with Crippen molar-refractivity contribution in [2.45, 2.75) is 13.8 Å². The maximum atomic E-state index is 4.29. The molecule has 0 saturated carbocycles. The van der Waals surface area contributed by atoms with Crippen LogP contribution in [-0.2, 0) is 0 Å². The first-order chi connectivity index (χ1) is 6.29. The van der Waals surface area contributed by atoms with Crippen LogP contribution in [0.2, 0.25) is 0 Å². The summed E-state index contributed by atoms with van der Waals surface area (Å²) in [6, 6.07) is 8.36. The predicted molar refractivity (Wildman–Crippen MR) is 61.8 cm³/mol. The van der Waals surface area contributed by atoms with Crippen molar-refractivity contribution < 1.29 is 0 Å². The minimum atomic E-state index is 1.07. The van der Waals surface area contributed by atoms with Crippen molar-refractivity contribution in [3.05, 3.63) is 35.4 Å². The van der Waals surface area contributed by atoms with Crippen LogP contribution in [0.1, 0.15) is 18.1 Å². The molecule has 0 heterocycles. The van der Waals surface area contributed by atoms with Gasteiger partial charge in [-0.05, 0) is 18.2 Å². The molecule has 0 radical (unpaired) electrons. The molecule has 0 spiro atoms. The Bertz CT molecular complexity index is 305. The molecular formula is C11H15NS. The highest BCUT2D eigenvalue weighted by Crippen LogP contribution is 2.16. The van der Waals surface area contributed by atoms with Crippen molar-refractivity contribution in [3.63, 3.8) is 0 Å². The lowest BCUT2D eigenvalue weighted by Crippen LogP contribution is -1.98. The lowest BCUT2D eigenvalue weighted by molar-refractivity contribution is 1.40. The lowest BCUT2D eigenvalue weighted by atomic mass is 10.1. The summed E-state index contributed by atoms with van der Waals surface area (Å²) in [7, 11) is 1.85. The molecule has 0 amide bonds. The smallest absolute Gasteiger partial charge is 0.0975 e. The van der Waals surface area contributed by atoms with Crippen LogP contribution in [0.5, 0.6) is 0 Å². The predicted octanol–water partition coefficient (Wildman–Crippen LogP) is 3.12. The van der Waals surface area contributed by atoms with Gasteiger partial charge in [0.1, 0.15) is 0 Å². The second kappa shape index (κ2) is 5.07. The molecule has 0 atom stereocenters. The molecule has 70 valence electrons. The van der Waals surface area contributed by atoms with Crippen LogP contribution in [0, 0.1) is 6.92 Å². The molecule has 0 fully saturated rings. The highest BCUT2D eigenvalue weighted by molar-refractivity contribution is 8.14. The summed E-state index contributed by atoms with van der Waals surface area (Å²) in [4.78, 5) is 4.29. The molecule has 0 aliphatic carbocycles. The van der Waals surface area contributed by atoms with E-state index < -0.39 is 0 Å². The van der Waals surface area contributed by atoms with E-state index in [1.807, 2.05) is 7.05 Å². The molecule has 0 N–H and O–H groups in total. The largest absolute Gasteiger partial charge is 0.281 e. The molecular weight excluding hydrogens is 178 g/mol. The molecule has 0 aromatic heterocycles. The van der Waals surface area contributed by atoms with E-state index in [1.54, 1.807) is 11.8 Å². The number of thioether (sulfide) groups is 1. The van der Waals surface area contributed by atoms with Crippen LogP contribution < -0.4 is 0 Å². The van der Waals surface area contributed by atoms with Gasteiger partial charge in [0.05, 0.1) is 5.04 Å². The number of hydrogen-bond acceptors (Lipinski definition) is 2. The number of hydrogen-bond donors (Lipinski definition) is 0. The van der Waals surface area contributed by atoms with Crippen molar-refractivity contribution in [2.75, 3.05) is 12.8 Å². The molecule has 0 aliphatic heterocycles. The summed E-state index contributed by atoms with van der Waals surface area (Å²) in [6.45, 7) is 4.27. The summed E-state index contributed by atoms with van der Waals surface area (Å²) in [5.41, 5.74) is 2.56. The fourth-order valence-corrected chi connectivity index (χ4v) is 2.00. The van der Waals surface area contributed by atoms with Gasteiger partial charge in [0, 0.05) is 12.6 Å². The van der Waals surface area contributed by atoms with Crippen LogP contribution in [0.4, 0.5) is 0 Å². The molecule has 0 unspecified atom stereocenters. The third-order valence-electron chi connectivity index (χ3n) is 1.86. The fourth-order valence-electron chi connectivity index (χ4n) is 1.21. The highest BCUT2D eigenvalue weighted by Gasteiger charge is 2.03. The Hall–Kier alpha value is -0.760. The summed E-state index contributed by atoms with van der Waals surface area (Å²) in [5.74, 6) is 1.07. The Balaban J connectivity index is 2.99. The maximum absolute atomic E-state index is 4.29. The molecule has 0 bridgehead atoms. The summed E-state index contributed by atoms with van der Waals surface area (Å²) >= 11 is 1.79. The molecule has 13 heavy (non-hydrogen) atoms. The van der Waals surface area contributed by atoms with Gasteiger partial charge in [-0.15, -0.1) is 11.8 Å². The van der Waals surface area contributed by atoms with Gasteiger partial charge in [0.2, 0.25) is 0 Å². The molecule has 0 saturated heterocycles. The second-order valence-electron chi connectivity index (χ2n) is 2.78. The van der Waals surface area contributed by atoms with E-state index in [0.717, 1.165) is 10.8 Å². The zero-order valence-electron chi connectivity index (χ0n) is 8.37. The Morgan fingerprint density at radius 2 is 2.08 bits per heavy atom. The lowest BCUT2D eigenvalue weighted by Gasteiger charge is -2.06. The van der Waals surface area contributed by atoms with Gasteiger partial charge in [-0.25, -0.2) is 0 Å². The number of aryl methyl sites for hydroxylation is 1. The Labute approximate surface area is 84.3 Å². The monoisotopic (exact) mass is 193 g/mol. The molecule has 0 aliphatic rings. The Kier molecular flexibility index (Phi) is 4.03. The van der Waals surface area contributed by atoms with E-state index in [2.05, 4.69) is 43.1 Å². The molecule has 1 aromatic carbocycles. The van der Waals surface area contributed by atoms with Crippen LogP contribution in [-0.4, -0.2) is 17.8 Å². The van der Waals surface area contributed by atoms with Crippen molar-refractivity contribution in [1.29, 1.82) is 0 Å². The van der Waals surface area contributed by atoms with Gasteiger partial charge in [-0.2, -0.15) is 0 Å². The average Bonchev–Trinajstić information content (AvgIpc) is 2.16. The van der Waals surface area contributed by atoms with Crippen molar-refractivity contribution in [3.8, 4) is 0 Å². The van der Waals surface area contributed by atoms with Crippen molar-refractivity contribution in [1.82, 2.24) is 0 Å². The molecule has 1 aromatic rings. The topological polar surface area (TPSA) is 12.4 Å². The van der Waals surface area contributed by atoms with E-state index in [4.69, 9.17) is 0 Å². The average molecular weight is 193 g/mol. The van der Waals surface area contributed by atoms with Gasteiger partial charge < -0.3 is 0 Å². The normalized spacial score (nSPS) is 11.8. The highest BCUT2D eigenvalue weighted by atomic mass is 32.2. The van der Waals surface area contributed by atoms with Gasteiger partial charge >= 0.3 is 0 Å². The summed E-state index contributed by atoms with van der Waals surface area (Å²) in [6.07, 6.45) is 0. The van der Waals surface area contributed by atoms with Gasteiger partial charge in [0.25, 0.3) is 0 Å². The second-order valence-corrected chi connectivity index (χ2v) is 4.03. The third kappa shape index (κ3) is 2.59. The van der Waals surface area contributed by atoms with Crippen LogP contribution in [0.3, 0.4) is 0 Å². The van der Waals surface area contributed by atoms with E-state index in [0.29, 0.717) is 0 Å². The third-order valence-corrected chi connectivity index (χ3v) is 2.82. The van der Waals surface area contributed by atoms with Crippen LogP contribution >= 0.6 is 11.8 Å². The molecule has 1 rings (SSSR count). The first-order valence-corrected chi connectivity index (χ1v) is 5.43. The number of nitrogens with zero attached hydrogens (tertiary/aromatic N) is 1. The quantitative estimate of drug-likeness (QED) is 0.519. The number of rotatable bonds is 2. The van der Waals surface area contributed by atoms with E-state index in [1.165, 1.54) is 11.1 Å². The first-order valence-electron chi connectivity index (χ1n) is 4.45. The minimum Gasteiger partial charge on any atom is -0.281 e. The number of aliphatic imine (C=N–C) groups is 1. The first kappa shape index (κ1) is 10.3. The molecule has 2 heteroatoms. The zero-order chi connectivity index (χ0) is 9.68. The maximum Gasteiger partial charge on any atom is 0.0975 e. The van der Waals surface area contributed by atoms with Gasteiger partial charge in [-0.1, -0.05) is 31.2 Å². The zero-order valence-corrected chi connectivity index (χ0v) is 9.19. The fraction of sp³-hybridized carbons (Fsp3) is 0.364. The summed E-state index contributed by atoms with van der Waals surface area (Å²) in [5, 5.41) is 1.14. The minimum absolute atomic E-state index is 1.07. The number of benzene rings is 1. The molecule has 1 nitrogen and oxygen atoms in total. The Morgan fingerprint density at radius 3 is 2.62 bits per heavy atom. The van der Waals surface area contributed by atoms with Gasteiger partial charge in [-0.3, -0.25) is 4.99 Å².